The SMILES string of the molecule is C[C@]12CC[C@H]3[C@@H](CC=C4C[C@@H](O)CC[C@@]43C)[C@@H]1C[C@H](O)[C@@H]2N. The molecular formula is C19H31NO2. The van der Waals surface area contributed by atoms with Gasteiger partial charge in [-0.1, -0.05) is 25.5 Å². The molecule has 0 bridgehead atoms. The zero-order chi connectivity index (χ0) is 15.7. The predicted molar refractivity (Wildman–Crippen MR) is 87.1 cm³/mol. The minimum absolute atomic E-state index is 0.0511. The molecule has 0 aromatic rings. The van der Waals surface area contributed by atoms with Crippen molar-refractivity contribution in [3.05, 3.63) is 11.6 Å². The van der Waals surface area contributed by atoms with Crippen molar-refractivity contribution in [3.63, 3.8) is 0 Å². The Hall–Kier alpha value is -0.380. The summed E-state index contributed by atoms with van der Waals surface area (Å²) >= 11 is 0. The molecule has 0 aromatic heterocycles. The number of hydrogen-bond acceptors (Lipinski definition) is 3. The molecule has 124 valence electrons. The van der Waals surface area contributed by atoms with Crippen LogP contribution in [0.3, 0.4) is 0 Å². The van der Waals surface area contributed by atoms with Crippen LogP contribution in [0.4, 0.5) is 0 Å². The van der Waals surface area contributed by atoms with Crippen LogP contribution < -0.4 is 5.73 Å². The molecule has 3 heteroatoms. The summed E-state index contributed by atoms with van der Waals surface area (Å²) in [5, 5.41) is 20.4. The van der Waals surface area contributed by atoms with Gasteiger partial charge >= 0.3 is 0 Å². The van der Waals surface area contributed by atoms with Gasteiger partial charge in [0.05, 0.1) is 12.2 Å². The summed E-state index contributed by atoms with van der Waals surface area (Å²) in [5.41, 5.74) is 8.29. The highest BCUT2D eigenvalue weighted by Gasteiger charge is 2.60. The first-order valence-corrected chi connectivity index (χ1v) is 9.17. The van der Waals surface area contributed by atoms with Crippen LogP contribution in [0.2, 0.25) is 0 Å². The van der Waals surface area contributed by atoms with E-state index >= 15 is 0 Å². The van der Waals surface area contributed by atoms with E-state index in [1.54, 1.807) is 0 Å². The molecule has 0 spiro atoms. The highest BCUT2D eigenvalue weighted by molar-refractivity contribution is 5.25. The zero-order valence-corrected chi connectivity index (χ0v) is 14.0. The highest BCUT2D eigenvalue weighted by Crippen LogP contribution is 2.64. The van der Waals surface area contributed by atoms with Crippen LogP contribution in [-0.2, 0) is 0 Å². The number of allylic oxidation sites excluding steroid dienone is 1. The van der Waals surface area contributed by atoms with Crippen LogP contribution in [-0.4, -0.2) is 28.5 Å². The van der Waals surface area contributed by atoms with Crippen LogP contribution in [0.5, 0.6) is 0 Å². The third-order valence-corrected chi connectivity index (χ3v) is 8.19. The van der Waals surface area contributed by atoms with E-state index in [0.717, 1.165) is 44.4 Å². The lowest BCUT2D eigenvalue weighted by atomic mass is 9.48. The van der Waals surface area contributed by atoms with Crippen molar-refractivity contribution in [3.8, 4) is 0 Å². The van der Waals surface area contributed by atoms with Crippen molar-refractivity contribution >= 4 is 0 Å². The van der Waals surface area contributed by atoms with Gasteiger partial charge in [0.15, 0.2) is 0 Å². The van der Waals surface area contributed by atoms with E-state index in [1.165, 1.54) is 12.0 Å². The lowest BCUT2D eigenvalue weighted by molar-refractivity contribution is -0.0403. The Morgan fingerprint density at radius 3 is 2.68 bits per heavy atom. The van der Waals surface area contributed by atoms with Gasteiger partial charge in [-0.2, -0.15) is 0 Å². The molecule has 0 unspecified atom stereocenters. The van der Waals surface area contributed by atoms with Crippen LogP contribution in [0.15, 0.2) is 11.6 Å². The van der Waals surface area contributed by atoms with E-state index in [-0.39, 0.29) is 29.1 Å². The minimum atomic E-state index is -0.319. The van der Waals surface area contributed by atoms with Crippen molar-refractivity contribution in [2.24, 2.45) is 34.3 Å². The number of hydrogen-bond donors (Lipinski definition) is 3. The highest BCUT2D eigenvalue weighted by atomic mass is 16.3. The van der Waals surface area contributed by atoms with Crippen LogP contribution >= 0.6 is 0 Å². The second-order valence-corrected chi connectivity index (χ2v) is 9.03. The van der Waals surface area contributed by atoms with Crippen molar-refractivity contribution in [1.82, 2.24) is 0 Å². The Labute approximate surface area is 134 Å². The van der Waals surface area contributed by atoms with Crippen LogP contribution in [0.1, 0.15) is 58.8 Å². The summed E-state index contributed by atoms with van der Waals surface area (Å²) in [6.45, 7) is 4.76. The Morgan fingerprint density at radius 1 is 1.14 bits per heavy atom. The Morgan fingerprint density at radius 2 is 1.91 bits per heavy atom. The van der Waals surface area contributed by atoms with E-state index in [2.05, 4.69) is 19.9 Å². The van der Waals surface area contributed by atoms with Crippen molar-refractivity contribution < 1.29 is 10.2 Å². The van der Waals surface area contributed by atoms with Gasteiger partial charge in [-0.15, -0.1) is 0 Å². The van der Waals surface area contributed by atoms with Crippen LogP contribution in [0.25, 0.3) is 0 Å². The Balaban J connectivity index is 1.68. The first-order chi connectivity index (χ1) is 10.4. The van der Waals surface area contributed by atoms with Gasteiger partial charge < -0.3 is 15.9 Å². The molecule has 0 saturated heterocycles. The number of aliphatic hydroxyl groups is 2. The van der Waals surface area contributed by atoms with Crippen molar-refractivity contribution in [2.45, 2.75) is 77.0 Å². The van der Waals surface area contributed by atoms with E-state index in [4.69, 9.17) is 5.73 Å². The smallest absolute Gasteiger partial charge is 0.0699 e. The van der Waals surface area contributed by atoms with E-state index in [0.29, 0.717) is 11.8 Å². The number of rotatable bonds is 0. The molecule has 3 nitrogen and oxygen atoms in total. The fourth-order valence-electron chi connectivity index (χ4n) is 6.69. The molecule has 0 heterocycles. The van der Waals surface area contributed by atoms with E-state index in [1.807, 2.05) is 0 Å². The Bertz CT molecular complexity index is 504. The van der Waals surface area contributed by atoms with Gasteiger partial charge in [0.2, 0.25) is 0 Å². The largest absolute Gasteiger partial charge is 0.393 e. The first kappa shape index (κ1) is 15.2. The molecule has 8 atom stereocenters. The molecular weight excluding hydrogens is 274 g/mol. The standard InChI is InChI=1S/C19H31NO2/c1-18-7-5-12(21)9-11(18)3-4-13-14(18)6-8-19(2)15(13)10-16(22)17(19)20/h3,12-17,21-22H,4-10,20H2,1-2H3/t12-,13+,14-,15-,16-,17-,18-,19-/m0/s1. The van der Waals surface area contributed by atoms with Gasteiger partial charge in [-0.25, -0.2) is 0 Å². The maximum Gasteiger partial charge on any atom is 0.0699 e. The molecule has 22 heavy (non-hydrogen) atoms. The first-order valence-electron chi connectivity index (χ1n) is 9.17. The number of nitrogens with two attached hydrogens (primary N) is 1. The average Bonchev–Trinajstić information content (AvgIpc) is 2.72. The molecule has 0 aromatic carbocycles. The summed E-state index contributed by atoms with van der Waals surface area (Å²) in [7, 11) is 0. The third-order valence-electron chi connectivity index (χ3n) is 8.19. The molecule has 3 fully saturated rings. The predicted octanol–water partition coefficient (Wildman–Crippen LogP) is 2.61. The quantitative estimate of drug-likeness (QED) is 0.603. The monoisotopic (exact) mass is 305 g/mol. The summed E-state index contributed by atoms with van der Waals surface area (Å²) in [4.78, 5) is 0. The molecule has 3 saturated carbocycles. The third kappa shape index (κ3) is 1.85. The maximum absolute atomic E-state index is 10.3. The molecule has 4 aliphatic carbocycles. The summed E-state index contributed by atoms with van der Waals surface area (Å²) in [6.07, 6.45) is 9.34. The van der Waals surface area contributed by atoms with Gasteiger partial charge in [0, 0.05) is 6.04 Å². The van der Waals surface area contributed by atoms with Gasteiger partial charge in [-0.05, 0) is 73.5 Å². The summed E-state index contributed by atoms with van der Waals surface area (Å²) in [6, 6.07) is -0.0511. The molecule has 0 radical (unpaired) electrons. The molecule has 0 aliphatic heterocycles. The van der Waals surface area contributed by atoms with Gasteiger partial charge in [0.25, 0.3) is 0 Å². The normalized spacial score (nSPS) is 57.6. The summed E-state index contributed by atoms with van der Waals surface area (Å²) < 4.78 is 0. The van der Waals surface area contributed by atoms with Gasteiger partial charge in [-0.3, -0.25) is 0 Å². The fraction of sp³-hybridized carbons (Fsp3) is 0.895. The van der Waals surface area contributed by atoms with Crippen molar-refractivity contribution in [1.29, 1.82) is 0 Å². The lowest BCUT2D eigenvalue weighted by Crippen LogP contribution is -2.53. The minimum Gasteiger partial charge on any atom is -0.393 e. The zero-order valence-electron chi connectivity index (χ0n) is 14.0. The maximum atomic E-state index is 10.3. The fourth-order valence-corrected chi connectivity index (χ4v) is 6.69. The van der Waals surface area contributed by atoms with E-state index in [9.17, 15) is 10.2 Å². The lowest BCUT2D eigenvalue weighted by Gasteiger charge is -2.57. The summed E-state index contributed by atoms with van der Waals surface area (Å²) in [5.74, 6) is 1.96. The molecule has 0 amide bonds. The van der Waals surface area contributed by atoms with Gasteiger partial charge in [0.1, 0.15) is 0 Å². The second kappa shape index (κ2) is 4.81. The molecule has 4 rings (SSSR count). The Kier molecular flexibility index (Phi) is 3.32. The number of aliphatic hydroxyl groups excluding tert-OH is 2. The topological polar surface area (TPSA) is 66.5 Å². The second-order valence-electron chi connectivity index (χ2n) is 9.03. The van der Waals surface area contributed by atoms with E-state index < -0.39 is 0 Å². The van der Waals surface area contributed by atoms with Crippen LogP contribution in [0, 0.1) is 28.6 Å². The van der Waals surface area contributed by atoms with Crippen molar-refractivity contribution in [2.75, 3.05) is 0 Å². The molecule has 4 aliphatic rings. The average molecular weight is 305 g/mol. The molecule has 4 N–H and O–H groups in total. The number of fused-ring (bicyclic) bond motifs is 5.